The minimum atomic E-state index is -0.107. The van der Waals surface area contributed by atoms with E-state index in [1.165, 1.54) is 0 Å². The molecular weight excluding hydrogens is 394 g/mol. The molecule has 4 rings (SSSR count). The fourth-order valence-corrected chi connectivity index (χ4v) is 4.31. The number of amides is 1. The zero-order valence-corrected chi connectivity index (χ0v) is 16.1. The molecule has 132 valence electrons. The Hall–Kier alpha value is -2.53. The van der Waals surface area contributed by atoms with Crippen molar-refractivity contribution in [1.29, 1.82) is 0 Å². The topological polar surface area (TPSA) is 47.6 Å². The van der Waals surface area contributed by atoms with Crippen LogP contribution in [0.2, 0.25) is 0 Å². The van der Waals surface area contributed by atoms with Crippen LogP contribution in [0.15, 0.2) is 53.0 Å². The molecular formula is C21H18BrNO3. The summed E-state index contributed by atoms with van der Waals surface area (Å²) in [6.07, 6.45) is 0.362. The maximum atomic E-state index is 12.5. The van der Waals surface area contributed by atoms with Crippen LogP contribution in [0.1, 0.15) is 23.5 Å². The number of fused-ring (bicyclic) bond motifs is 3. The van der Waals surface area contributed by atoms with Crippen LogP contribution in [-0.4, -0.2) is 20.1 Å². The van der Waals surface area contributed by atoms with Crippen molar-refractivity contribution >= 4 is 38.3 Å². The molecule has 0 fully saturated rings. The maximum absolute atomic E-state index is 12.5. The molecule has 1 aliphatic rings. The smallest absolute Gasteiger partial charge is 0.225 e. The summed E-state index contributed by atoms with van der Waals surface area (Å²) in [5, 5.41) is 5.16. The van der Waals surface area contributed by atoms with Gasteiger partial charge in [0.1, 0.15) is 0 Å². The predicted molar refractivity (Wildman–Crippen MR) is 106 cm³/mol. The molecule has 0 aliphatic carbocycles. The number of para-hydroxylation sites is 1. The van der Waals surface area contributed by atoms with E-state index in [2.05, 4.69) is 27.3 Å². The maximum Gasteiger partial charge on any atom is 0.225 e. The molecule has 1 atom stereocenters. The number of carbonyl (C=O) groups excluding carboxylic acids is 1. The molecule has 3 aromatic rings. The number of hydrogen-bond donors (Lipinski definition) is 1. The molecule has 4 nitrogen and oxygen atoms in total. The minimum Gasteiger partial charge on any atom is -0.493 e. The second kappa shape index (κ2) is 6.65. The monoisotopic (exact) mass is 411 g/mol. The predicted octanol–water partition coefficient (Wildman–Crippen LogP) is 5.09. The van der Waals surface area contributed by atoms with Gasteiger partial charge in [0, 0.05) is 27.8 Å². The lowest BCUT2D eigenvalue weighted by Gasteiger charge is -2.29. The lowest BCUT2D eigenvalue weighted by molar-refractivity contribution is -0.116. The van der Waals surface area contributed by atoms with Crippen molar-refractivity contribution < 1.29 is 14.3 Å². The summed E-state index contributed by atoms with van der Waals surface area (Å²) in [6.45, 7) is 0. The van der Waals surface area contributed by atoms with E-state index in [-0.39, 0.29) is 11.8 Å². The number of benzene rings is 3. The molecule has 0 bridgehead atoms. The van der Waals surface area contributed by atoms with Gasteiger partial charge in [-0.3, -0.25) is 4.79 Å². The fraction of sp³-hybridized carbons (Fsp3) is 0.190. The molecule has 1 amide bonds. The number of halogens is 1. The molecule has 1 aliphatic heterocycles. The average Bonchev–Trinajstić information content (AvgIpc) is 2.67. The third-order valence-electron chi connectivity index (χ3n) is 4.86. The van der Waals surface area contributed by atoms with Gasteiger partial charge >= 0.3 is 0 Å². The molecule has 0 spiro atoms. The van der Waals surface area contributed by atoms with Gasteiger partial charge in [-0.25, -0.2) is 0 Å². The highest BCUT2D eigenvalue weighted by atomic mass is 79.9. The Morgan fingerprint density at radius 3 is 2.50 bits per heavy atom. The average molecular weight is 412 g/mol. The molecule has 26 heavy (non-hydrogen) atoms. The summed E-state index contributed by atoms with van der Waals surface area (Å²) in [5.74, 6) is 1.23. The van der Waals surface area contributed by atoms with Crippen molar-refractivity contribution in [3.05, 3.63) is 64.1 Å². The molecule has 0 saturated heterocycles. The van der Waals surface area contributed by atoms with Crippen LogP contribution < -0.4 is 14.8 Å². The Kier molecular flexibility index (Phi) is 4.32. The number of carbonyl (C=O) groups is 1. The van der Waals surface area contributed by atoms with Gasteiger partial charge < -0.3 is 14.8 Å². The first-order valence-corrected chi connectivity index (χ1v) is 9.15. The Morgan fingerprint density at radius 2 is 1.77 bits per heavy atom. The number of methoxy groups -OCH3 is 2. The molecule has 1 heterocycles. The molecule has 0 aromatic heterocycles. The highest BCUT2D eigenvalue weighted by Gasteiger charge is 2.31. The van der Waals surface area contributed by atoms with Crippen molar-refractivity contribution in [2.45, 2.75) is 12.3 Å². The number of ether oxygens (including phenoxy) is 2. The van der Waals surface area contributed by atoms with Crippen LogP contribution in [0.25, 0.3) is 10.8 Å². The highest BCUT2D eigenvalue weighted by Crippen LogP contribution is 2.47. The van der Waals surface area contributed by atoms with Crippen LogP contribution in [0, 0.1) is 0 Å². The van der Waals surface area contributed by atoms with E-state index in [1.807, 2.05) is 42.5 Å². The lowest BCUT2D eigenvalue weighted by Crippen LogP contribution is -2.24. The summed E-state index contributed by atoms with van der Waals surface area (Å²) in [6, 6.07) is 15.9. The van der Waals surface area contributed by atoms with Crippen LogP contribution in [0.5, 0.6) is 11.5 Å². The lowest BCUT2D eigenvalue weighted by atomic mass is 9.82. The first-order chi connectivity index (χ1) is 12.6. The summed E-state index contributed by atoms with van der Waals surface area (Å²) in [4.78, 5) is 12.5. The molecule has 3 aromatic carbocycles. The van der Waals surface area contributed by atoms with Gasteiger partial charge in [-0.05, 0) is 23.1 Å². The zero-order chi connectivity index (χ0) is 18.3. The van der Waals surface area contributed by atoms with Crippen molar-refractivity contribution in [2.75, 3.05) is 19.5 Å². The summed E-state index contributed by atoms with van der Waals surface area (Å²) >= 11 is 3.69. The van der Waals surface area contributed by atoms with Gasteiger partial charge in [-0.2, -0.15) is 0 Å². The fourth-order valence-electron chi connectivity index (χ4n) is 3.72. The quantitative estimate of drug-likeness (QED) is 0.652. The highest BCUT2D eigenvalue weighted by molar-refractivity contribution is 9.10. The van der Waals surface area contributed by atoms with E-state index in [9.17, 15) is 4.79 Å². The van der Waals surface area contributed by atoms with Crippen LogP contribution in [0.3, 0.4) is 0 Å². The summed E-state index contributed by atoms with van der Waals surface area (Å²) < 4.78 is 12.1. The third kappa shape index (κ3) is 2.63. The second-order valence-electron chi connectivity index (χ2n) is 6.26. The van der Waals surface area contributed by atoms with E-state index in [0.29, 0.717) is 17.9 Å². The zero-order valence-electron chi connectivity index (χ0n) is 14.5. The number of anilines is 1. The first kappa shape index (κ1) is 16.9. The minimum absolute atomic E-state index is 0.000140. The number of hydrogen-bond acceptors (Lipinski definition) is 3. The van der Waals surface area contributed by atoms with Crippen LogP contribution in [-0.2, 0) is 4.79 Å². The molecule has 0 unspecified atom stereocenters. The Labute approximate surface area is 160 Å². The van der Waals surface area contributed by atoms with Gasteiger partial charge in [0.05, 0.1) is 19.9 Å². The third-order valence-corrected chi connectivity index (χ3v) is 5.52. The molecule has 1 N–H and O–H groups in total. The Morgan fingerprint density at radius 1 is 1.00 bits per heavy atom. The van der Waals surface area contributed by atoms with Gasteiger partial charge in [0.2, 0.25) is 5.91 Å². The van der Waals surface area contributed by atoms with Crippen LogP contribution >= 0.6 is 15.9 Å². The summed E-state index contributed by atoms with van der Waals surface area (Å²) in [7, 11) is 3.24. The SMILES string of the molecule is COc1cccc([C@H]2CC(=O)Nc3c2cc(Br)c2ccccc32)c1OC. The largest absolute Gasteiger partial charge is 0.493 e. The molecule has 0 radical (unpaired) electrons. The normalized spacial score (nSPS) is 16.1. The standard InChI is InChI=1S/C21H18BrNO3/c1-25-18-9-5-8-14(21(18)26-2)15-11-19(24)23-20-13-7-4-3-6-12(13)17(22)10-16(15)20/h3-10,15H,11H2,1-2H3,(H,23,24)/t15-/m1/s1. The number of nitrogens with one attached hydrogen (secondary N) is 1. The van der Waals surface area contributed by atoms with Crippen molar-refractivity contribution in [1.82, 2.24) is 0 Å². The summed E-state index contributed by atoms with van der Waals surface area (Å²) in [5.41, 5.74) is 2.89. The van der Waals surface area contributed by atoms with Gasteiger partial charge in [0.15, 0.2) is 11.5 Å². The Balaban J connectivity index is 1.99. The first-order valence-electron chi connectivity index (χ1n) is 8.36. The second-order valence-corrected chi connectivity index (χ2v) is 7.11. The Bertz CT molecular complexity index is 1020. The molecule has 5 heteroatoms. The number of rotatable bonds is 3. The van der Waals surface area contributed by atoms with E-state index >= 15 is 0 Å². The van der Waals surface area contributed by atoms with Crippen LogP contribution in [0.4, 0.5) is 5.69 Å². The van der Waals surface area contributed by atoms with Gasteiger partial charge in [-0.1, -0.05) is 52.3 Å². The van der Waals surface area contributed by atoms with E-state index in [0.717, 1.165) is 32.1 Å². The van der Waals surface area contributed by atoms with Crippen molar-refractivity contribution in [3.8, 4) is 11.5 Å². The van der Waals surface area contributed by atoms with Gasteiger partial charge in [-0.15, -0.1) is 0 Å². The van der Waals surface area contributed by atoms with Crippen molar-refractivity contribution in [2.24, 2.45) is 0 Å². The van der Waals surface area contributed by atoms with Gasteiger partial charge in [0.25, 0.3) is 0 Å². The van der Waals surface area contributed by atoms with E-state index in [1.54, 1.807) is 14.2 Å². The molecule has 0 saturated carbocycles. The van der Waals surface area contributed by atoms with Crippen molar-refractivity contribution in [3.63, 3.8) is 0 Å². The van der Waals surface area contributed by atoms with E-state index < -0.39 is 0 Å². The van der Waals surface area contributed by atoms with E-state index in [4.69, 9.17) is 9.47 Å².